The van der Waals surface area contributed by atoms with Gasteiger partial charge in [-0.3, -0.25) is 0 Å². The van der Waals surface area contributed by atoms with E-state index in [4.69, 9.17) is 0 Å². The van der Waals surface area contributed by atoms with Gasteiger partial charge in [0.05, 0.1) is 0 Å². The number of aryl methyl sites for hydroxylation is 1. The zero-order valence-corrected chi connectivity index (χ0v) is 10.0. The lowest BCUT2D eigenvalue weighted by molar-refractivity contribution is 1.14. The minimum Gasteiger partial charge on any atom is -0.325 e. The molecular weight excluding hydrogens is 182 g/mol. The summed E-state index contributed by atoms with van der Waals surface area (Å²) >= 11 is 0. The maximum Gasteiger partial charge on any atom is 0.0449 e. The normalized spacial score (nSPS) is 8.47. The van der Waals surface area contributed by atoms with E-state index in [9.17, 15) is 0 Å². The van der Waals surface area contributed by atoms with Crippen molar-refractivity contribution in [1.82, 2.24) is 0 Å². The van der Waals surface area contributed by atoms with Crippen molar-refractivity contribution in [3.8, 4) is 0 Å². The molecule has 1 aromatic rings. The van der Waals surface area contributed by atoms with Crippen LogP contribution in [0.25, 0.3) is 0 Å². The average Bonchev–Trinajstić information content (AvgIpc) is 2.34. The fourth-order valence-electron chi connectivity index (χ4n) is 1.19. The van der Waals surface area contributed by atoms with Crippen molar-refractivity contribution in [3.05, 3.63) is 55.4 Å². The first-order chi connectivity index (χ1) is 7.31. The highest BCUT2D eigenvalue weighted by Gasteiger charge is 1.96. The molecule has 0 N–H and O–H groups in total. The second-order valence-electron chi connectivity index (χ2n) is 2.79. The van der Waals surface area contributed by atoms with Gasteiger partial charge in [-0.2, -0.15) is 0 Å². The Bertz CT molecular complexity index is 277. The molecule has 0 heterocycles. The quantitative estimate of drug-likeness (QED) is 0.702. The van der Waals surface area contributed by atoms with Crippen molar-refractivity contribution in [1.29, 1.82) is 0 Å². The maximum atomic E-state index is 3.71. The number of hydrogen-bond acceptors (Lipinski definition) is 1. The summed E-state index contributed by atoms with van der Waals surface area (Å²) in [6.45, 7) is 13.6. The molecule has 0 unspecified atom stereocenters. The Morgan fingerprint density at radius 2 is 1.53 bits per heavy atom. The number of nitrogens with zero attached hydrogens (tertiary/aromatic N) is 1. The monoisotopic (exact) mass is 203 g/mol. The Balaban J connectivity index is 0.000000921. The smallest absolute Gasteiger partial charge is 0.0449 e. The molecule has 0 spiro atoms. The Morgan fingerprint density at radius 3 is 1.87 bits per heavy atom. The van der Waals surface area contributed by atoms with E-state index in [1.54, 1.807) is 12.4 Å². The van der Waals surface area contributed by atoms with Crippen LogP contribution in [0, 0.1) is 0 Å². The lowest BCUT2D eigenvalue weighted by Gasteiger charge is -2.14. The molecule has 0 amide bonds. The van der Waals surface area contributed by atoms with Gasteiger partial charge in [0, 0.05) is 18.1 Å². The van der Waals surface area contributed by atoms with Gasteiger partial charge in [-0.15, -0.1) is 0 Å². The highest BCUT2D eigenvalue weighted by atomic mass is 15.1. The predicted molar refractivity (Wildman–Crippen MR) is 70.0 cm³/mol. The third kappa shape index (κ3) is 4.03. The number of benzene rings is 1. The summed E-state index contributed by atoms with van der Waals surface area (Å²) < 4.78 is 0. The molecule has 0 aromatic heterocycles. The van der Waals surface area contributed by atoms with Gasteiger partial charge in [-0.25, -0.2) is 0 Å². The molecule has 0 aliphatic rings. The molecule has 1 heteroatoms. The van der Waals surface area contributed by atoms with E-state index in [-0.39, 0.29) is 0 Å². The van der Waals surface area contributed by atoms with E-state index in [1.807, 2.05) is 18.7 Å². The van der Waals surface area contributed by atoms with E-state index < -0.39 is 0 Å². The minimum absolute atomic E-state index is 1.07. The summed E-state index contributed by atoms with van der Waals surface area (Å²) in [5, 5.41) is 0. The topological polar surface area (TPSA) is 3.24 Å². The van der Waals surface area contributed by atoms with Crippen LogP contribution in [0.3, 0.4) is 0 Å². The molecule has 0 aliphatic heterocycles. The van der Waals surface area contributed by atoms with Crippen LogP contribution in [0.1, 0.15) is 26.3 Å². The van der Waals surface area contributed by atoms with Gasteiger partial charge in [-0.05, 0) is 24.1 Å². The fourth-order valence-corrected chi connectivity index (χ4v) is 1.19. The van der Waals surface area contributed by atoms with E-state index in [0.717, 1.165) is 12.1 Å². The molecule has 82 valence electrons. The molecular formula is C14H21N. The van der Waals surface area contributed by atoms with E-state index >= 15 is 0 Å². The molecule has 0 fully saturated rings. The summed E-state index contributed by atoms with van der Waals surface area (Å²) in [5.41, 5.74) is 2.44. The van der Waals surface area contributed by atoms with Crippen LogP contribution in [0.5, 0.6) is 0 Å². The molecule has 0 saturated carbocycles. The molecule has 0 radical (unpaired) electrons. The van der Waals surface area contributed by atoms with Gasteiger partial charge in [0.15, 0.2) is 0 Å². The summed E-state index contributed by atoms with van der Waals surface area (Å²) in [6, 6.07) is 8.38. The standard InChI is InChI=1S/C12H15N.C2H6/c1-4-11-7-9-12(10-8-11)13(5-2)6-3;1-2/h5-10H,2-4H2,1H3;1-2H3. The molecule has 0 saturated heterocycles. The SMILES string of the molecule is C=CN(C=C)c1ccc(CC)cc1.CC. The van der Waals surface area contributed by atoms with Crippen LogP contribution in [0.15, 0.2) is 49.8 Å². The van der Waals surface area contributed by atoms with Gasteiger partial charge in [0.1, 0.15) is 0 Å². The van der Waals surface area contributed by atoms with E-state index in [1.165, 1.54) is 5.56 Å². The van der Waals surface area contributed by atoms with Crippen LogP contribution in [0.4, 0.5) is 5.69 Å². The van der Waals surface area contributed by atoms with Crippen LogP contribution >= 0.6 is 0 Å². The molecule has 1 aromatic carbocycles. The molecule has 0 atom stereocenters. The van der Waals surface area contributed by atoms with Crippen LogP contribution < -0.4 is 4.90 Å². The van der Waals surface area contributed by atoms with Gasteiger partial charge >= 0.3 is 0 Å². The summed E-state index contributed by atoms with van der Waals surface area (Å²) in [5.74, 6) is 0. The summed E-state index contributed by atoms with van der Waals surface area (Å²) in [7, 11) is 0. The zero-order chi connectivity index (χ0) is 11.7. The highest BCUT2D eigenvalue weighted by Crippen LogP contribution is 2.15. The van der Waals surface area contributed by atoms with E-state index in [2.05, 4.69) is 44.3 Å². The van der Waals surface area contributed by atoms with Crippen molar-refractivity contribution in [2.45, 2.75) is 27.2 Å². The summed E-state index contributed by atoms with van der Waals surface area (Å²) in [6.07, 6.45) is 4.56. The van der Waals surface area contributed by atoms with Gasteiger partial charge < -0.3 is 4.90 Å². The first-order valence-electron chi connectivity index (χ1n) is 5.44. The van der Waals surface area contributed by atoms with Crippen molar-refractivity contribution in [2.24, 2.45) is 0 Å². The number of anilines is 1. The first-order valence-corrected chi connectivity index (χ1v) is 5.44. The van der Waals surface area contributed by atoms with Gasteiger partial charge in [0.25, 0.3) is 0 Å². The second kappa shape index (κ2) is 7.86. The Labute approximate surface area is 93.7 Å². The molecule has 0 aliphatic carbocycles. The van der Waals surface area contributed by atoms with Crippen molar-refractivity contribution in [2.75, 3.05) is 4.90 Å². The van der Waals surface area contributed by atoms with Crippen molar-refractivity contribution >= 4 is 5.69 Å². The second-order valence-corrected chi connectivity index (χ2v) is 2.79. The molecule has 0 bridgehead atoms. The highest BCUT2D eigenvalue weighted by molar-refractivity contribution is 5.52. The lowest BCUT2D eigenvalue weighted by Crippen LogP contribution is -2.04. The third-order valence-corrected chi connectivity index (χ3v) is 2.04. The Kier molecular flexibility index (Phi) is 7.08. The predicted octanol–water partition coefficient (Wildman–Crippen LogP) is 4.37. The van der Waals surface area contributed by atoms with Crippen molar-refractivity contribution < 1.29 is 0 Å². The van der Waals surface area contributed by atoms with Crippen molar-refractivity contribution in [3.63, 3.8) is 0 Å². The fraction of sp³-hybridized carbons (Fsp3) is 0.286. The van der Waals surface area contributed by atoms with Gasteiger partial charge in [-0.1, -0.05) is 46.1 Å². The first kappa shape index (κ1) is 13.5. The Hall–Kier alpha value is -1.50. The largest absolute Gasteiger partial charge is 0.325 e. The van der Waals surface area contributed by atoms with Crippen LogP contribution in [-0.4, -0.2) is 0 Å². The summed E-state index contributed by atoms with van der Waals surface area (Å²) in [4.78, 5) is 1.89. The van der Waals surface area contributed by atoms with Crippen LogP contribution in [0.2, 0.25) is 0 Å². The number of rotatable bonds is 4. The molecule has 1 nitrogen and oxygen atoms in total. The van der Waals surface area contributed by atoms with Gasteiger partial charge in [0.2, 0.25) is 0 Å². The third-order valence-electron chi connectivity index (χ3n) is 2.04. The lowest BCUT2D eigenvalue weighted by atomic mass is 10.1. The molecule has 1 rings (SSSR count). The Morgan fingerprint density at radius 1 is 1.07 bits per heavy atom. The minimum atomic E-state index is 1.07. The van der Waals surface area contributed by atoms with E-state index in [0.29, 0.717) is 0 Å². The van der Waals surface area contributed by atoms with Crippen LogP contribution in [-0.2, 0) is 6.42 Å². The maximum absolute atomic E-state index is 3.71. The average molecular weight is 203 g/mol. The number of hydrogen-bond donors (Lipinski definition) is 0. The molecule has 15 heavy (non-hydrogen) atoms. The zero-order valence-electron chi connectivity index (χ0n) is 10.0.